The third-order valence-corrected chi connectivity index (χ3v) is 4.65. The molecule has 1 saturated carbocycles. The highest BCUT2D eigenvalue weighted by Crippen LogP contribution is 2.38. The molecule has 24 heavy (non-hydrogen) atoms. The van der Waals surface area contributed by atoms with Gasteiger partial charge in [-0.15, -0.1) is 0 Å². The van der Waals surface area contributed by atoms with Crippen LogP contribution in [0.5, 0.6) is 0 Å². The smallest absolute Gasteiger partial charge is 0.407 e. The number of amides is 2. The van der Waals surface area contributed by atoms with Crippen LogP contribution >= 0.6 is 0 Å². The van der Waals surface area contributed by atoms with Crippen LogP contribution in [0.2, 0.25) is 0 Å². The minimum Gasteiger partial charge on any atom is -0.444 e. The number of aromatic amines is 1. The molecule has 1 aliphatic carbocycles. The van der Waals surface area contributed by atoms with E-state index in [1.807, 2.05) is 20.8 Å². The fraction of sp³-hybridized carbons (Fsp3) is 0.688. The quantitative estimate of drug-likeness (QED) is 0.862. The molecule has 132 valence electrons. The summed E-state index contributed by atoms with van der Waals surface area (Å²) in [6, 6.07) is -0.0192. The van der Waals surface area contributed by atoms with Crippen LogP contribution in [0.3, 0.4) is 0 Å². The third-order valence-electron chi connectivity index (χ3n) is 4.65. The monoisotopic (exact) mass is 338 g/mol. The predicted octanol–water partition coefficient (Wildman–Crippen LogP) is 1.92. The second-order valence-corrected chi connectivity index (χ2v) is 7.56. The number of nitrogens with zero attached hydrogens (tertiary/aromatic N) is 2. The molecule has 1 aromatic heterocycles. The summed E-state index contributed by atoms with van der Waals surface area (Å²) in [4.78, 5) is 26.0. The van der Waals surface area contributed by atoms with Crippen molar-refractivity contribution in [3.63, 3.8) is 0 Å². The second-order valence-electron chi connectivity index (χ2n) is 7.56. The van der Waals surface area contributed by atoms with Crippen LogP contribution in [0.1, 0.15) is 44.1 Å². The van der Waals surface area contributed by atoms with Crippen LogP contribution in [0, 0.1) is 17.7 Å². The Labute approximate surface area is 139 Å². The Morgan fingerprint density at radius 1 is 1.38 bits per heavy atom. The van der Waals surface area contributed by atoms with E-state index in [2.05, 4.69) is 15.5 Å². The maximum atomic E-state index is 13.5. The van der Waals surface area contributed by atoms with Crippen molar-refractivity contribution in [2.45, 2.75) is 45.3 Å². The van der Waals surface area contributed by atoms with Crippen molar-refractivity contribution in [1.29, 1.82) is 0 Å². The van der Waals surface area contributed by atoms with Crippen LogP contribution in [-0.4, -0.2) is 51.8 Å². The van der Waals surface area contributed by atoms with Gasteiger partial charge in [-0.05, 0) is 39.5 Å². The molecule has 7 nitrogen and oxygen atoms in total. The summed E-state index contributed by atoms with van der Waals surface area (Å²) in [6.07, 6.45) is 2.37. The molecule has 1 aromatic rings. The van der Waals surface area contributed by atoms with Gasteiger partial charge in [-0.3, -0.25) is 9.89 Å². The van der Waals surface area contributed by atoms with E-state index in [4.69, 9.17) is 4.74 Å². The number of hydrogen-bond acceptors (Lipinski definition) is 4. The summed E-state index contributed by atoms with van der Waals surface area (Å²) in [6.45, 7) is 6.54. The zero-order valence-electron chi connectivity index (χ0n) is 14.1. The summed E-state index contributed by atoms with van der Waals surface area (Å²) in [5.41, 5.74) is -0.649. The minimum absolute atomic E-state index is 0.0192. The molecule has 0 spiro atoms. The second kappa shape index (κ2) is 6.07. The maximum absolute atomic E-state index is 13.5. The number of carbonyl (C=O) groups excluding carboxylic acids is 2. The van der Waals surface area contributed by atoms with Gasteiger partial charge >= 0.3 is 6.09 Å². The first kappa shape index (κ1) is 16.7. The lowest BCUT2D eigenvalue weighted by Crippen LogP contribution is -2.42. The summed E-state index contributed by atoms with van der Waals surface area (Å²) < 4.78 is 18.8. The van der Waals surface area contributed by atoms with Gasteiger partial charge in [-0.1, -0.05) is 0 Å². The number of likely N-dealkylation sites (tertiary alicyclic amines) is 1. The molecule has 2 fully saturated rings. The Balaban J connectivity index is 1.61. The number of fused-ring (bicyclic) bond motifs is 1. The van der Waals surface area contributed by atoms with Crippen LogP contribution < -0.4 is 5.32 Å². The van der Waals surface area contributed by atoms with Gasteiger partial charge < -0.3 is 15.0 Å². The van der Waals surface area contributed by atoms with Crippen LogP contribution in [0.15, 0.2) is 6.20 Å². The van der Waals surface area contributed by atoms with Crippen molar-refractivity contribution < 1.29 is 18.7 Å². The normalized spacial score (nSPS) is 26.3. The lowest BCUT2D eigenvalue weighted by molar-refractivity contribution is 0.0491. The van der Waals surface area contributed by atoms with Crippen LogP contribution in [0.4, 0.5) is 9.18 Å². The Kier molecular flexibility index (Phi) is 4.23. The first-order valence-electron chi connectivity index (χ1n) is 8.22. The van der Waals surface area contributed by atoms with Gasteiger partial charge in [0, 0.05) is 25.0 Å². The molecule has 0 radical (unpaired) electrons. The minimum atomic E-state index is -0.638. The standard InChI is InChI=1S/C16H23FN4O3/c1-16(2,3)24-15(23)19-12-5-4-9-7-21(8-10(9)12)14(22)13-11(17)6-18-20-13/h6,9-10,12H,4-5,7-8H2,1-3H3,(H,18,20)(H,19,23). The van der Waals surface area contributed by atoms with E-state index < -0.39 is 17.5 Å². The van der Waals surface area contributed by atoms with Crippen molar-refractivity contribution >= 4 is 12.0 Å². The third kappa shape index (κ3) is 3.37. The number of H-pyrrole nitrogens is 1. The largest absolute Gasteiger partial charge is 0.444 e. The fourth-order valence-electron chi connectivity index (χ4n) is 3.65. The van der Waals surface area contributed by atoms with Crippen molar-refractivity contribution in [3.05, 3.63) is 17.7 Å². The number of aromatic nitrogens is 2. The molecule has 2 amide bonds. The Hall–Kier alpha value is -2.12. The SMILES string of the molecule is CC(C)(C)OC(=O)NC1CCC2CN(C(=O)c3[nH]ncc3F)CC21. The first-order chi connectivity index (χ1) is 11.2. The highest BCUT2D eigenvalue weighted by molar-refractivity contribution is 5.92. The average Bonchev–Trinajstić information content (AvgIpc) is 3.13. The summed E-state index contributed by atoms with van der Waals surface area (Å²) >= 11 is 0. The topological polar surface area (TPSA) is 87.3 Å². The highest BCUT2D eigenvalue weighted by Gasteiger charge is 2.45. The van der Waals surface area contributed by atoms with Crippen molar-refractivity contribution in [1.82, 2.24) is 20.4 Å². The maximum Gasteiger partial charge on any atom is 0.407 e. The molecule has 1 saturated heterocycles. The van der Waals surface area contributed by atoms with E-state index >= 15 is 0 Å². The zero-order valence-corrected chi connectivity index (χ0v) is 14.1. The van der Waals surface area contributed by atoms with Gasteiger partial charge in [0.2, 0.25) is 0 Å². The number of hydrogen-bond donors (Lipinski definition) is 2. The van der Waals surface area contributed by atoms with E-state index in [1.165, 1.54) is 0 Å². The summed E-state index contributed by atoms with van der Waals surface area (Å²) in [7, 11) is 0. The number of halogens is 1. The Morgan fingerprint density at radius 2 is 2.12 bits per heavy atom. The van der Waals surface area contributed by atoms with Gasteiger partial charge in [-0.2, -0.15) is 5.10 Å². The summed E-state index contributed by atoms with van der Waals surface area (Å²) in [5.74, 6) is -0.525. The van der Waals surface area contributed by atoms with Gasteiger partial charge in [0.05, 0.1) is 6.20 Å². The lowest BCUT2D eigenvalue weighted by Gasteiger charge is -2.24. The molecular weight excluding hydrogens is 315 g/mol. The fourth-order valence-corrected chi connectivity index (χ4v) is 3.65. The molecule has 2 N–H and O–H groups in total. The molecule has 2 heterocycles. The molecule has 2 aliphatic rings. The molecule has 0 bridgehead atoms. The van der Waals surface area contributed by atoms with E-state index in [9.17, 15) is 14.0 Å². The van der Waals surface area contributed by atoms with E-state index in [0.717, 1.165) is 19.0 Å². The molecule has 3 rings (SSSR count). The van der Waals surface area contributed by atoms with E-state index in [-0.39, 0.29) is 23.6 Å². The van der Waals surface area contributed by atoms with Crippen molar-refractivity contribution in [3.8, 4) is 0 Å². The predicted molar refractivity (Wildman–Crippen MR) is 83.8 cm³/mol. The molecule has 1 aliphatic heterocycles. The average molecular weight is 338 g/mol. The zero-order chi connectivity index (χ0) is 17.5. The molecule has 8 heteroatoms. The van der Waals surface area contributed by atoms with Gasteiger partial charge in [0.25, 0.3) is 5.91 Å². The highest BCUT2D eigenvalue weighted by atomic mass is 19.1. The van der Waals surface area contributed by atoms with E-state index in [1.54, 1.807) is 4.90 Å². The summed E-state index contributed by atoms with van der Waals surface area (Å²) in [5, 5.41) is 8.88. The lowest BCUT2D eigenvalue weighted by atomic mass is 9.98. The number of carbonyl (C=O) groups is 2. The van der Waals surface area contributed by atoms with Crippen LogP contribution in [-0.2, 0) is 4.74 Å². The number of rotatable bonds is 2. The van der Waals surface area contributed by atoms with Gasteiger partial charge in [0.15, 0.2) is 11.5 Å². The molecule has 3 atom stereocenters. The van der Waals surface area contributed by atoms with Gasteiger partial charge in [-0.25, -0.2) is 9.18 Å². The van der Waals surface area contributed by atoms with Crippen molar-refractivity contribution in [2.24, 2.45) is 11.8 Å². The number of nitrogens with one attached hydrogen (secondary N) is 2. The Bertz CT molecular complexity index is 640. The number of alkyl carbamates (subject to hydrolysis) is 1. The molecule has 0 aromatic carbocycles. The van der Waals surface area contributed by atoms with Crippen molar-refractivity contribution in [2.75, 3.05) is 13.1 Å². The molecule has 3 unspecified atom stereocenters. The van der Waals surface area contributed by atoms with E-state index in [0.29, 0.717) is 19.0 Å². The molecular formula is C16H23FN4O3. The van der Waals surface area contributed by atoms with Crippen LogP contribution in [0.25, 0.3) is 0 Å². The first-order valence-corrected chi connectivity index (χ1v) is 8.22. The van der Waals surface area contributed by atoms with Gasteiger partial charge in [0.1, 0.15) is 5.60 Å². The Morgan fingerprint density at radius 3 is 2.75 bits per heavy atom. The number of ether oxygens (including phenoxy) is 1.